The van der Waals surface area contributed by atoms with Crippen LogP contribution in [0, 0.1) is 0 Å². The van der Waals surface area contributed by atoms with Crippen molar-refractivity contribution in [1.29, 1.82) is 0 Å². The first-order valence-electron chi connectivity index (χ1n) is 4.57. The average molecular weight is 191 g/mol. The van der Waals surface area contributed by atoms with E-state index in [1.807, 2.05) is 17.7 Å². The van der Waals surface area contributed by atoms with E-state index in [2.05, 4.69) is 4.98 Å². The van der Waals surface area contributed by atoms with Gasteiger partial charge in [0.05, 0.1) is 11.0 Å². The average Bonchev–Trinajstić information content (AvgIpc) is 2.46. The number of nitrogens with two attached hydrogens (primary N) is 1. The lowest BCUT2D eigenvalue weighted by molar-refractivity contribution is 0.476. The Morgan fingerprint density at radius 2 is 2.29 bits per heavy atom. The largest absolute Gasteiger partial charge is 0.508 e. The highest BCUT2D eigenvalue weighted by atomic mass is 16.3. The predicted molar refractivity (Wildman–Crippen MR) is 55.1 cm³/mol. The van der Waals surface area contributed by atoms with Crippen LogP contribution in [0.25, 0.3) is 11.0 Å². The first-order chi connectivity index (χ1) is 6.72. The number of hydrogen-bond donors (Lipinski definition) is 2. The van der Waals surface area contributed by atoms with Crippen LogP contribution < -0.4 is 5.73 Å². The Morgan fingerprint density at radius 3 is 3.00 bits per heavy atom. The second-order valence-corrected chi connectivity index (χ2v) is 3.30. The molecule has 0 spiro atoms. The molecule has 0 radical (unpaired) electrons. The monoisotopic (exact) mass is 191 g/mol. The zero-order valence-corrected chi connectivity index (χ0v) is 8.07. The van der Waals surface area contributed by atoms with Crippen molar-refractivity contribution >= 4 is 11.0 Å². The Hall–Kier alpha value is -1.55. The van der Waals surface area contributed by atoms with Gasteiger partial charge < -0.3 is 15.4 Å². The van der Waals surface area contributed by atoms with Crippen molar-refractivity contribution in [3.05, 3.63) is 24.0 Å². The summed E-state index contributed by atoms with van der Waals surface area (Å²) in [5.74, 6) is 1.22. The molecule has 3 N–H and O–H groups in total. The summed E-state index contributed by atoms with van der Waals surface area (Å²) in [7, 11) is 1.93. The minimum absolute atomic E-state index is 0.264. The van der Waals surface area contributed by atoms with Crippen LogP contribution in [-0.2, 0) is 13.5 Å². The summed E-state index contributed by atoms with van der Waals surface area (Å²) in [6, 6.07) is 5.16. The molecule has 4 nitrogen and oxygen atoms in total. The van der Waals surface area contributed by atoms with Crippen molar-refractivity contribution in [2.75, 3.05) is 6.54 Å². The molecule has 0 bridgehead atoms. The number of hydrogen-bond acceptors (Lipinski definition) is 3. The third-order valence-corrected chi connectivity index (χ3v) is 2.32. The number of rotatable bonds is 2. The zero-order valence-electron chi connectivity index (χ0n) is 8.07. The number of fused-ring (bicyclic) bond motifs is 1. The van der Waals surface area contributed by atoms with E-state index in [0.29, 0.717) is 6.54 Å². The minimum Gasteiger partial charge on any atom is -0.508 e. The second kappa shape index (κ2) is 3.31. The molecule has 0 fully saturated rings. The maximum atomic E-state index is 9.33. The third-order valence-electron chi connectivity index (χ3n) is 2.32. The fraction of sp³-hybridized carbons (Fsp3) is 0.300. The molecule has 2 rings (SSSR count). The van der Waals surface area contributed by atoms with Crippen molar-refractivity contribution < 1.29 is 5.11 Å². The van der Waals surface area contributed by atoms with Crippen LogP contribution in [0.3, 0.4) is 0 Å². The lowest BCUT2D eigenvalue weighted by atomic mass is 10.3. The van der Waals surface area contributed by atoms with Gasteiger partial charge in [0, 0.05) is 19.5 Å². The second-order valence-electron chi connectivity index (χ2n) is 3.30. The quantitative estimate of drug-likeness (QED) is 0.737. The highest BCUT2D eigenvalue weighted by Gasteiger charge is 2.06. The van der Waals surface area contributed by atoms with E-state index in [9.17, 15) is 5.11 Å². The molecule has 0 saturated carbocycles. The lowest BCUT2D eigenvalue weighted by Gasteiger charge is -1.99. The summed E-state index contributed by atoms with van der Waals surface area (Å²) >= 11 is 0. The maximum absolute atomic E-state index is 9.33. The van der Waals surface area contributed by atoms with Crippen LogP contribution in [0.5, 0.6) is 5.75 Å². The Bertz CT molecular complexity index is 462. The highest BCUT2D eigenvalue weighted by Crippen LogP contribution is 2.20. The lowest BCUT2D eigenvalue weighted by Crippen LogP contribution is -2.07. The molecule has 1 aromatic heterocycles. The molecule has 0 saturated heterocycles. The Labute approximate surface area is 82.0 Å². The van der Waals surface area contributed by atoms with Crippen molar-refractivity contribution in [3.63, 3.8) is 0 Å². The number of nitrogens with zero attached hydrogens (tertiary/aromatic N) is 2. The van der Waals surface area contributed by atoms with E-state index in [1.165, 1.54) is 0 Å². The number of phenolic OH excluding ortho intramolecular Hbond substituents is 1. The maximum Gasteiger partial charge on any atom is 0.117 e. The molecule has 0 unspecified atom stereocenters. The third kappa shape index (κ3) is 1.33. The molecular weight excluding hydrogens is 178 g/mol. The molecular formula is C10H13N3O. The number of aromatic nitrogens is 2. The Morgan fingerprint density at radius 1 is 1.50 bits per heavy atom. The molecule has 74 valence electrons. The number of phenols is 1. The van der Waals surface area contributed by atoms with Crippen LogP contribution >= 0.6 is 0 Å². The zero-order chi connectivity index (χ0) is 10.1. The van der Waals surface area contributed by atoms with E-state index in [1.54, 1.807) is 12.1 Å². The van der Waals surface area contributed by atoms with E-state index >= 15 is 0 Å². The fourth-order valence-corrected chi connectivity index (χ4v) is 1.58. The number of imidazole rings is 1. The summed E-state index contributed by atoms with van der Waals surface area (Å²) in [6.45, 7) is 0.586. The summed E-state index contributed by atoms with van der Waals surface area (Å²) in [4.78, 5) is 4.41. The van der Waals surface area contributed by atoms with Crippen LogP contribution in [0.2, 0.25) is 0 Å². The highest BCUT2D eigenvalue weighted by molar-refractivity contribution is 5.77. The number of benzene rings is 1. The van der Waals surface area contributed by atoms with Crippen LogP contribution in [-0.4, -0.2) is 21.2 Å². The normalized spacial score (nSPS) is 11.0. The molecule has 0 amide bonds. The molecule has 0 atom stereocenters. The summed E-state index contributed by atoms with van der Waals surface area (Å²) in [5, 5.41) is 9.33. The number of aryl methyl sites for hydroxylation is 1. The molecule has 4 heteroatoms. The van der Waals surface area contributed by atoms with Gasteiger partial charge in [0.15, 0.2) is 0 Å². The van der Waals surface area contributed by atoms with Gasteiger partial charge in [0.2, 0.25) is 0 Å². The summed E-state index contributed by atoms with van der Waals surface area (Å²) < 4.78 is 1.96. The standard InChI is InChI=1S/C10H13N3O/c1-13-9-6-7(14)2-3-8(9)12-10(13)4-5-11/h2-3,6,14H,4-5,11H2,1H3. The molecule has 0 aliphatic carbocycles. The first kappa shape index (κ1) is 9.02. The van der Waals surface area contributed by atoms with Gasteiger partial charge in [0.1, 0.15) is 11.6 Å². The minimum atomic E-state index is 0.264. The van der Waals surface area contributed by atoms with Gasteiger partial charge in [-0.25, -0.2) is 4.98 Å². The van der Waals surface area contributed by atoms with E-state index in [4.69, 9.17) is 5.73 Å². The van der Waals surface area contributed by atoms with Gasteiger partial charge >= 0.3 is 0 Å². The van der Waals surface area contributed by atoms with Crippen LogP contribution in [0.4, 0.5) is 0 Å². The molecule has 0 aliphatic heterocycles. The van der Waals surface area contributed by atoms with Gasteiger partial charge in [-0.05, 0) is 18.7 Å². The van der Waals surface area contributed by atoms with Crippen molar-refractivity contribution in [2.45, 2.75) is 6.42 Å². The molecule has 2 aromatic rings. The fourth-order valence-electron chi connectivity index (χ4n) is 1.58. The topological polar surface area (TPSA) is 64.1 Å². The number of aromatic hydroxyl groups is 1. The molecule has 1 heterocycles. The molecule has 1 aromatic carbocycles. The van der Waals surface area contributed by atoms with Gasteiger partial charge in [-0.3, -0.25) is 0 Å². The van der Waals surface area contributed by atoms with Crippen molar-refractivity contribution in [2.24, 2.45) is 12.8 Å². The van der Waals surface area contributed by atoms with Crippen LogP contribution in [0.15, 0.2) is 18.2 Å². The van der Waals surface area contributed by atoms with Crippen LogP contribution in [0.1, 0.15) is 5.82 Å². The molecule has 0 aliphatic rings. The van der Waals surface area contributed by atoms with Crippen molar-refractivity contribution in [1.82, 2.24) is 9.55 Å². The van der Waals surface area contributed by atoms with Crippen molar-refractivity contribution in [3.8, 4) is 5.75 Å². The van der Waals surface area contributed by atoms with Gasteiger partial charge in [-0.2, -0.15) is 0 Å². The smallest absolute Gasteiger partial charge is 0.117 e. The Kier molecular flexibility index (Phi) is 2.13. The summed E-state index contributed by atoms with van der Waals surface area (Å²) in [5.41, 5.74) is 7.31. The van der Waals surface area contributed by atoms with Gasteiger partial charge in [-0.15, -0.1) is 0 Å². The van der Waals surface area contributed by atoms with E-state index < -0.39 is 0 Å². The van der Waals surface area contributed by atoms with Gasteiger partial charge in [-0.1, -0.05) is 0 Å². The summed E-state index contributed by atoms with van der Waals surface area (Å²) in [6.07, 6.45) is 0.756. The molecule has 14 heavy (non-hydrogen) atoms. The Balaban J connectivity index is 2.62. The van der Waals surface area contributed by atoms with E-state index in [-0.39, 0.29) is 5.75 Å². The SMILES string of the molecule is Cn1c(CCN)nc2ccc(O)cc21. The predicted octanol–water partition coefficient (Wildman–Crippen LogP) is 0.780. The van der Waals surface area contributed by atoms with Gasteiger partial charge in [0.25, 0.3) is 0 Å². The first-order valence-corrected chi connectivity index (χ1v) is 4.57. The van der Waals surface area contributed by atoms with E-state index in [0.717, 1.165) is 23.3 Å².